The van der Waals surface area contributed by atoms with Crippen molar-refractivity contribution in [1.82, 2.24) is 15.3 Å². The summed E-state index contributed by atoms with van der Waals surface area (Å²) in [5.41, 5.74) is 7.41. The van der Waals surface area contributed by atoms with Crippen LogP contribution >= 0.6 is 0 Å². The average molecular weight is 303 g/mol. The Morgan fingerprint density at radius 1 is 1.45 bits per heavy atom. The summed E-state index contributed by atoms with van der Waals surface area (Å²) in [6.07, 6.45) is 2.18. The van der Waals surface area contributed by atoms with Crippen molar-refractivity contribution >= 4 is 22.9 Å². The van der Waals surface area contributed by atoms with E-state index in [2.05, 4.69) is 20.2 Å². The molecule has 2 aliphatic rings. The van der Waals surface area contributed by atoms with Gasteiger partial charge in [0.15, 0.2) is 11.4 Å². The van der Waals surface area contributed by atoms with Gasteiger partial charge in [0.1, 0.15) is 11.3 Å². The third-order valence-corrected chi connectivity index (χ3v) is 4.76. The van der Waals surface area contributed by atoms with Crippen LogP contribution in [0.4, 0.5) is 11.8 Å². The van der Waals surface area contributed by atoms with Gasteiger partial charge in [-0.1, -0.05) is 0 Å². The van der Waals surface area contributed by atoms with Crippen molar-refractivity contribution in [2.24, 2.45) is 0 Å². The van der Waals surface area contributed by atoms with Crippen molar-refractivity contribution in [3.8, 4) is 0 Å². The third kappa shape index (κ3) is 2.04. The SMILES string of the molecule is CNC1CN(c2nc(N)nc3cc(C4(COC)CC4)oc23)C1. The molecule has 22 heavy (non-hydrogen) atoms. The van der Waals surface area contributed by atoms with Crippen LogP contribution in [0.2, 0.25) is 0 Å². The Balaban J connectivity index is 1.73. The third-order valence-electron chi connectivity index (χ3n) is 4.76. The zero-order valence-electron chi connectivity index (χ0n) is 12.9. The van der Waals surface area contributed by atoms with E-state index in [9.17, 15) is 0 Å². The van der Waals surface area contributed by atoms with Crippen LogP contribution in [0.25, 0.3) is 11.1 Å². The van der Waals surface area contributed by atoms with Gasteiger partial charge in [-0.15, -0.1) is 0 Å². The fourth-order valence-electron chi connectivity index (χ4n) is 3.13. The standard InChI is InChI=1S/C15H21N5O2/c1-17-9-6-20(7-9)13-12-10(18-14(16)19-13)5-11(22-12)15(3-4-15)8-21-2/h5,9,17H,3-4,6-8H2,1-2H3,(H2,16,18,19). The molecule has 1 saturated heterocycles. The minimum atomic E-state index is 0.0178. The molecule has 1 aliphatic heterocycles. The predicted octanol–water partition coefficient (Wildman–Crippen LogP) is 0.891. The summed E-state index contributed by atoms with van der Waals surface area (Å²) in [4.78, 5) is 10.9. The second kappa shape index (κ2) is 4.82. The van der Waals surface area contributed by atoms with Gasteiger partial charge in [0, 0.05) is 32.3 Å². The summed E-state index contributed by atoms with van der Waals surface area (Å²) >= 11 is 0. The smallest absolute Gasteiger partial charge is 0.222 e. The normalized spacial score (nSPS) is 20.4. The number of nitrogens with two attached hydrogens (primary N) is 1. The Morgan fingerprint density at radius 2 is 2.23 bits per heavy atom. The Bertz CT molecular complexity index is 703. The quantitative estimate of drug-likeness (QED) is 0.848. The second-order valence-corrected chi connectivity index (χ2v) is 6.33. The fourth-order valence-corrected chi connectivity index (χ4v) is 3.13. The van der Waals surface area contributed by atoms with Crippen LogP contribution < -0.4 is 16.0 Å². The number of likely N-dealkylation sites (N-methyl/N-ethyl adjacent to an activating group) is 1. The molecular formula is C15H21N5O2. The molecule has 3 N–H and O–H groups in total. The molecule has 7 heteroatoms. The molecule has 0 radical (unpaired) electrons. The van der Waals surface area contributed by atoms with E-state index in [1.54, 1.807) is 7.11 Å². The molecule has 2 aromatic rings. The van der Waals surface area contributed by atoms with Gasteiger partial charge >= 0.3 is 0 Å². The maximum Gasteiger partial charge on any atom is 0.222 e. The fraction of sp³-hybridized carbons (Fsp3) is 0.600. The van der Waals surface area contributed by atoms with E-state index in [1.165, 1.54) is 0 Å². The number of nitrogen functional groups attached to an aromatic ring is 1. The van der Waals surface area contributed by atoms with Crippen LogP contribution in [0.15, 0.2) is 10.5 Å². The lowest BCUT2D eigenvalue weighted by Gasteiger charge is -2.39. The monoisotopic (exact) mass is 303 g/mol. The molecule has 3 heterocycles. The van der Waals surface area contributed by atoms with Gasteiger partial charge in [-0.2, -0.15) is 4.98 Å². The maximum absolute atomic E-state index is 6.14. The lowest BCUT2D eigenvalue weighted by atomic mass is 10.1. The van der Waals surface area contributed by atoms with Gasteiger partial charge in [-0.25, -0.2) is 4.98 Å². The summed E-state index contributed by atoms with van der Waals surface area (Å²) in [7, 11) is 3.70. The van der Waals surface area contributed by atoms with Gasteiger partial charge in [0.05, 0.1) is 12.0 Å². The zero-order chi connectivity index (χ0) is 15.3. The van der Waals surface area contributed by atoms with Crippen LogP contribution in [0.3, 0.4) is 0 Å². The maximum atomic E-state index is 6.14. The highest BCUT2D eigenvalue weighted by Crippen LogP contribution is 2.50. The number of fused-ring (bicyclic) bond motifs is 1. The first-order chi connectivity index (χ1) is 10.6. The first-order valence-corrected chi connectivity index (χ1v) is 7.64. The molecule has 0 unspecified atom stereocenters. The molecule has 0 atom stereocenters. The summed E-state index contributed by atoms with van der Waals surface area (Å²) in [6, 6.07) is 2.49. The van der Waals surface area contributed by atoms with Crippen LogP contribution in [-0.4, -0.2) is 49.9 Å². The summed E-state index contributed by atoms with van der Waals surface area (Å²) < 4.78 is 11.5. The average Bonchev–Trinajstić information content (AvgIpc) is 3.09. The predicted molar refractivity (Wildman–Crippen MR) is 84.1 cm³/mol. The first-order valence-electron chi connectivity index (χ1n) is 7.64. The Morgan fingerprint density at radius 3 is 2.86 bits per heavy atom. The zero-order valence-corrected chi connectivity index (χ0v) is 12.9. The Kier molecular flexibility index (Phi) is 3.02. The van der Waals surface area contributed by atoms with Crippen molar-refractivity contribution < 1.29 is 9.15 Å². The number of anilines is 2. The molecule has 4 rings (SSSR count). The molecule has 0 aromatic carbocycles. The van der Waals surface area contributed by atoms with Crippen molar-refractivity contribution in [2.45, 2.75) is 24.3 Å². The topological polar surface area (TPSA) is 89.4 Å². The Hall–Kier alpha value is -1.86. The van der Waals surface area contributed by atoms with Gasteiger partial charge in [-0.3, -0.25) is 0 Å². The van der Waals surface area contributed by atoms with Crippen LogP contribution in [0.5, 0.6) is 0 Å². The molecule has 118 valence electrons. The van der Waals surface area contributed by atoms with Gasteiger partial charge in [-0.05, 0) is 19.9 Å². The van der Waals surface area contributed by atoms with E-state index in [-0.39, 0.29) is 5.41 Å². The molecule has 0 bridgehead atoms. The number of methoxy groups -OCH3 is 1. The minimum absolute atomic E-state index is 0.0178. The van der Waals surface area contributed by atoms with Crippen LogP contribution in [0, 0.1) is 0 Å². The first kappa shape index (κ1) is 13.8. The molecule has 2 aromatic heterocycles. The van der Waals surface area contributed by atoms with Gasteiger partial charge in [0.25, 0.3) is 0 Å². The van der Waals surface area contributed by atoms with Crippen LogP contribution in [0.1, 0.15) is 18.6 Å². The minimum Gasteiger partial charge on any atom is -0.455 e. The molecule has 0 spiro atoms. The molecule has 0 amide bonds. The highest BCUT2D eigenvalue weighted by atomic mass is 16.5. The molecule has 1 saturated carbocycles. The summed E-state index contributed by atoms with van der Waals surface area (Å²) in [6.45, 7) is 2.49. The van der Waals surface area contributed by atoms with E-state index >= 15 is 0 Å². The number of rotatable bonds is 5. The van der Waals surface area contributed by atoms with Crippen molar-refractivity contribution in [1.29, 1.82) is 0 Å². The number of hydrogen-bond acceptors (Lipinski definition) is 7. The van der Waals surface area contributed by atoms with E-state index in [0.29, 0.717) is 18.6 Å². The van der Waals surface area contributed by atoms with Crippen molar-refractivity contribution in [3.05, 3.63) is 11.8 Å². The molecule has 7 nitrogen and oxygen atoms in total. The highest BCUT2D eigenvalue weighted by Gasteiger charge is 2.47. The van der Waals surface area contributed by atoms with Crippen LogP contribution in [-0.2, 0) is 10.2 Å². The summed E-state index contributed by atoms with van der Waals surface area (Å²) in [5.74, 6) is 2.03. The van der Waals surface area contributed by atoms with Crippen molar-refractivity contribution in [3.63, 3.8) is 0 Å². The van der Waals surface area contributed by atoms with Crippen molar-refractivity contribution in [2.75, 3.05) is 44.5 Å². The number of nitrogens with one attached hydrogen (secondary N) is 1. The number of ether oxygens (including phenoxy) is 1. The van der Waals surface area contributed by atoms with Gasteiger partial charge < -0.3 is 25.1 Å². The lowest BCUT2D eigenvalue weighted by Crippen LogP contribution is -2.57. The van der Waals surface area contributed by atoms with E-state index < -0.39 is 0 Å². The summed E-state index contributed by atoms with van der Waals surface area (Å²) in [5, 5.41) is 3.26. The highest BCUT2D eigenvalue weighted by molar-refractivity contribution is 5.86. The van der Waals surface area contributed by atoms with E-state index in [0.717, 1.165) is 48.6 Å². The number of hydrogen-bond donors (Lipinski definition) is 2. The Labute approximate surface area is 128 Å². The molecule has 1 aliphatic carbocycles. The van der Waals surface area contributed by atoms with E-state index in [1.807, 2.05) is 13.1 Å². The number of aromatic nitrogens is 2. The van der Waals surface area contributed by atoms with Gasteiger partial charge in [0.2, 0.25) is 5.95 Å². The number of nitrogens with zero attached hydrogens (tertiary/aromatic N) is 3. The number of furan rings is 1. The lowest BCUT2D eigenvalue weighted by molar-refractivity contribution is 0.162. The molecule has 2 fully saturated rings. The molecular weight excluding hydrogens is 282 g/mol. The largest absolute Gasteiger partial charge is 0.455 e. The second-order valence-electron chi connectivity index (χ2n) is 6.33. The van der Waals surface area contributed by atoms with E-state index in [4.69, 9.17) is 14.9 Å².